The number of hydrogen-bond donors (Lipinski definition) is 0. The molecule has 1 aromatic rings. The van der Waals surface area contributed by atoms with E-state index in [1.54, 1.807) is 12.1 Å². The van der Waals surface area contributed by atoms with E-state index in [2.05, 4.69) is 11.0 Å². The quantitative estimate of drug-likeness (QED) is 0.771. The average molecular weight is 272 g/mol. The fraction of sp³-hybridized carbons (Fsp3) is 0.562. The minimum atomic E-state index is 0.460. The summed E-state index contributed by atoms with van der Waals surface area (Å²) in [5.74, 6) is 0.783. The minimum absolute atomic E-state index is 0.460. The van der Waals surface area contributed by atoms with E-state index in [1.165, 1.54) is 12.8 Å². The summed E-state index contributed by atoms with van der Waals surface area (Å²) < 4.78 is 11.5. The molecular weight excluding hydrogens is 252 g/mol. The highest BCUT2D eigenvalue weighted by Gasteiger charge is 2.33. The lowest BCUT2D eigenvalue weighted by Crippen LogP contribution is -2.43. The largest absolute Gasteiger partial charge is 0.494 e. The Balaban J connectivity index is 1.39. The molecule has 20 heavy (non-hydrogen) atoms. The van der Waals surface area contributed by atoms with E-state index in [-0.39, 0.29) is 0 Å². The first kappa shape index (κ1) is 13.4. The number of nitrogens with zero attached hydrogens (tertiary/aromatic N) is 2. The van der Waals surface area contributed by atoms with E-state index in [0.717, 1.165) is 31.8 Å². The molecule has 4 nitrogen and oxygen atoms in total. The second-order valence-electron chi connectivity index (χ2n) is 5.56. The van der Waals surface area contributed by atoms with Crippen LogP contribution in [0, 0.1) is 11.3 Å². The second-order valence-corrected chi connectivity index (χ2v) is 5.56. The van der Waals surface area contributed by atoms with Gasteiger partial charge in [0.15, 0.2) is 0 Å². The van der Waals surface area contributed by atoms with E-state index in [4.69, 9.17) is 14.7 Å². The smallest absolute Gasteiger partial charge is 0.120 e. The van der Waals surface area contributed by atoms with Gasteiger partial charge in [0, 0.05) is 19.6 Å². The molecule has 0 spiro atoms. The zero-order chi connectivity index (χ0) is 13.8. The summed E-state index contributed by atoms with van der Waals surface area (Å²) >= 11 is 0. The Morgan fingerprint density at radius 2 is 2.10 bits per heavy atom. The van der Waals surface area contributed by atoms with Crippen molar-refractivity contribution in [2.45, 2.75) is 31.5 Å². The summed E-state index contributed by atoms with van der Waals surface area (Å²) in [6.45, 7) is 3.90. The summed E-state index contributed by atoms with van der Waals surface area (Å²) in [4.78, 5) is 2.49. The third kappa shape index (κ3) is 3.30. The lowest BCUT2D eigenvalue weighted by molar-refractivity contribution is -0.0391. The van der Waals surface area contributed by atoms with Crippen LogP contribution >= 0.6 is 0 Å². The molecule has 2 aliphatic heterocycles. The lowest BCUT2D eigenvalue weighted by Gasteiger charge is -2.31. The first-order valence-corrected chi connectivity index (χ1v) is 7.34. The maximum Gasteiger partial charge on any atom is 0.120 e. The molecule has 0 amide bonds. The van der Waals surface area contributed by atoms with Crippen molar-refractivity contribution in [2.24, 2.45) is 0 Å². The Morgan fingerprint density at radius 3 is 2.85 bits per heavy atom. The van der Waals surface area contributed by atoms with Crippen LogP contribution < -0.4 is 4.74 Å². The van der Waals surface area contributed by atoms with Crippen LogP contribution in [0.3, 0.4) is 0 Å². The zero-order valence-corrected chi connectivity index (χ0v) is 11.6. The second kappa shape index (κ2) is 6.25. The molecule has 0 N–H and O–H groups in total. The van der Waals surface area contributed by atoms with Gasteiger partial charge in [-0.05, 0) is 37.5 Å². The SMILES string of the molecule is N#Cc1cccc(OCCCN2CC3CCC(C2)O3)c1. The van der Waals surface area contributed by atoms with Crippen LogP contribution in [0.2, 0.25) is 0 Å². The van der Waals surface area contributed by atoms with Crippen LogP contribution in [0.5, 0.6) is 5.75 Å². The van der Waals surface area contributed by atoms with Crippen molar-refractivity contribution in [1.29, 1.82) is 5.26 Å². The molecule has 106 valence electrons. The topological polar surface area (TPSA) is 45.5 Å². The highest BCUT2D eigenvalue weighted by Crippen LogP contribution is 2.26. The summed E-state index contributed by atoms with van der Waals surface area (Å²) in [6.07, 6.45) is 4.37. The summed E-state index contributed by atoms with van der Waals surface area (Å²) in [7, 11) is 0. The number of fused-ring (bicyclic) bond motifs is 2. The van der Waals surface area contributed by atoms with Crippen LogP contribution in [-0.4, -0.2) is 43.3 Å². The number of benzene rings is 1. The van der Waals surface area contributed by atoms with Gasteiger partial charge in [0.2, 0.25) is 0 Å². The van der Waals surface area contributed by atoms with Crippen molar-refractivity contribution in [3.05, 3.63) is 29.8 Å². The Bertz CT molecular complexity index is 485. The first-order chi connectivity index (χ1) is 9.83. The third-order valence-corrected chi connectivity index (χ3v) is 3.97. The van der Waals surface area contributed by atoms with Gasteiger partial charge < -0.3 is 9.47 Å². The molecule has 0 aliphatic carbocycles. The van der Waals surface area contributed by atoms with Gasteiger partial charge in [-0.15, -0.1) is 0 Å². The number of ether oxygens (including phenoxy) is 2. The molecule has 4 heteroatoms. The predicted molar refractivity (Wildman–Crippen MR) is 75.6 cm³/mol. The Hall–Kier alpha value is -1.57. The van der Waals surface area contributed by atoms with Crippen LogP contribution in [0.15, 0.2) is 24.3 Å². The fourth-order valence-corrected chi connectivity index (χ4v) is 3.02. The van der Waals surface area contributed by atoms with E-state index in [9.17, 15) is 0 Å². The van der Waals surface area contributed by atoms with Gasteiger partial charge in [-0.1, -0.05) is 6.07 Å². The van der Waals surface area contributed by atoms with E-state index >= 15 is 0 Å². The van der Waals surface area contributed by atoms with Crippen molar-refractivity contribution < 1.29 is 9.47 Å². The molecule has 2 aliphatic rings. The van der Waals surface area contributed by atoms with Crippen molar-refractivity contribution >= 4 is 0 Å². The van der Waals surface area contributed by atoms with Crippen LogP contribution in [0.1, 0.15) is 24.8 Å². The van der Waals surface area contributed by atoms with Crippen molar-refractivity contribution in [3.63, 3.8) is 0 Å². The Morgan fingerprint density at radius 1 is 1.30 bits per heavy atom. The van der Waals surface area contributed by atoms with Crippen molar-refractivity contribution in [2.75, 3.05) is 26.2 Å². The molecule has 2 heterocycles. The van der Waals surface area contributed by atoms with Crippen LogP contribution in [0.4, 0.5) is 0 Å². The molecular formula is C16H20N2O2. The van der Waals surface area contributed by atoms with Crippen molar-refractivity contribution in [1.82, 2.24) is 4.90 Å². The Labute approximate surface area is 119 Å². The van der Waals surface area contributed by atoms with Crippen molar-refractivity contribution in [3.8, 4) is 11.8 Å². The molecule has 0 radical (unpaired) electrons. The van der Waals surface area contributed by atoms with Gasteiger partial charge in [-0.2, -0.15) is 5.26 Å². The minimum Gasteiger partial charge on any atom is -0.494 e. The number of hydrogen-bond acceptors (Lipinski definition) is 4. The number of rotatable bonds is 5. The third-order valence-electron chi connectivity index (χ3n) is 3.97. The van der Waals surface area contributed by atoms with Crippen LogP contribution in [0.25, 0.3) is 0 Å². The maximum atomic E-state index is 8.84. The normalized spacial score (nSPS) is 25.4. The molecule has 2 atom stereocenters. The molecule has 2 unspecified atom stereocenters. The van der Waals surface area contributed by atoms with Gasteiger partial charge in [0.25, 0.3) is 0 Å². The number of morpholine rings is 1. The monoisotopic (exact) mass is 272 g/mol. The summed E-state index contributed by atoms with van der Waals surface area (Å²) in [5.41, 5.74) is 0.646. The maximum absolute atomic E-state index is 8.84. The summed E-state index contributed by atoms with van der Waals surface area (Å²) in [5, 5.41) is 8.84. The molecule has 1 aromatic carbocycles. The molecule has 2 fully saturated rings. The average Bonchev–Trinajstić information content (AvgIpc) is 2.83. The van der Waals surface area contributed by atoms with Crippen LogP contribution in [-0.2, 0) is 4.74 Å². The van der Waals surface area contributed by atoms with E-state index < -0.39 is 0 Å². The van der Waals surface area contributed by atoms with Gasteiger partial charge in [-0.25, -0.2) is 0 Å². The van der Waals surface area contributed by atoms with E-state index in [0.29, 0.717) is 24.4 Å². The Kier molecular flexibility index (Phi) is 4.19. The molecule has 0 aromatic heterocycles. The highest BCUT2D eigenvalue weighted by atomic mass is 16.5. The predicted octanol–water partition coefficient (Wildman–Crippen LogP) is 2.19. The van der Waals surface area contributed by atoms with Gasteiger partial charge in [-0.3, -0.25) is 4.90 Å². The molecule has 3 rings (SSSR count). The van der Waals surface area contributed by atoms with Gasteiger partial charge >= 0.3 is 0 Å². The van der Waals surface area contributed by atoms with Gasteiger partial charge in [0.05, 0.1) is 30.4 Å². The molecule has 2 bridgehead atoms. The fourth-order valence-electron chi connectivity index (χ4n) is 3.02. The summed E-state index contributed by atoms with van der Waals surface area (Å²) in [6, 6.07) is 9.45. The van der Waals surface area contributed by atoms with Gasteiger partial charge in [0.1, 0.15) is 5.75 Å². The number of nitriles is 1. The van der Waals surface area contributed by atoms with E-state index in [1.807, 2.05) is 12.1 Å². The lowest BCUT2D eigenvalue weighted by atomic mass is 10.2. The first-order valence-electron chi connectivity index (χ1n) is 7.34. The zero-order valence-electron chi connectivity index (χ0n) is 11.6. The highest BCUT2D eigenvalue weighted by molar-refractivity contribution is 5.36. The molecule has 0 saturated carbocycles. The number of likely N-dealkylation sites (tertiary alicyclic amines) is 1. The molecule has 2 saturated heterocycles. The standard InChI is InChI=1S/C16H20N2O2/c17-10-13-3-1-4-14(9-13)19-8-2-7-18-11-15-5-6-16(12-18)20-15/h1,3-4,9,15-16H,2,5-8,11-12H2.